The maximum absolute atomic E-state index is 12.8. The Bertz CT molecular complexity index is 1400. The molecule has 3 aromatic rings. The molecule has 188 valence electrons. The van der Waals surface area contributed by atoms with Gasteiger partial charge in [-0.1, -0.05) is 13.8 Å². The number of pyridine rings is 1. The van der Waals surface area contributed by atoms with Crippen molar-refractivity contribution in [3.8, 4) is 11.3 Å². The van der Waals surface area contributed by atoms with Gasteiger partial charge < -0.3 is 14.6 Å². The third-order valence-electron chi connectivity index (χ3n) is 7.87. The molecule has 11 heteroatoms. The van der Waals surface area contributed by atoms with Crippen LogP contribution in [0.4, 0.5) is 5.69 Å². The molecule has 0 spiro atoms. The number of nitrogens with zero attached hydrogens (tertiary/aromatic N) is 4. The third kappa shape index (κ3) is 3.48. The van der Waals surface area contributed by atoms with Gasteiger partial charge in [-0.2, -0.15) is 0 Å². The van der Waals surface area contributed by atoms with Gasteiger partial charge in [-0.05, 0) is 24.5 Å². The van der Waals surface area contributed by atoms with E-state index in [4.69, 9.17) is 4.74 Å². The second-order valence-corrected chi connectivity index (χ2v) is 11.5. The molecule has 2 saturated heterocycles. The van der Waals surface area contributed by atoms with Crippen molar-refractivity contribution in [1.82, 2.24) is 19.8 Å². The van der Waals surface area contributed by atoms with Gasteiger partial charge in [0, 0.05) is 35.8 Å². The van der Waals surface area contributed by atoms with E-state index in [0.717, 1.165) is 32.9 Å². The largest absolute Gasteiger partial charge is 0.374 e. The fourth-order valence-corrected chi connectivity index (χ4v) is 6.92. The van der Waals surface area contributed by atoms with Crippen molar-refractivity contribution in [3.05, 3.63) is 45.1 Å². The van der Waals surface area contributed by atoms with Gasteiger partial charge >= 0.3 is 0 Å². The van der Waals surface area contributed by atoms with Gasteiger partial charge in [0.1, 0.15) is 0 Å². The Hall–Kier alpha value is -3.15. The minimum absolute atomic E-state index is 0.0608. The fraction of sp³-hybridized carbons (Fsp3) is 0.480. The Morgan fingerprint density at radius 1 is 1.28 bits per heavy atom. The highest BCUT2D eigenvalue weighted by atomic mass is 32.1. The van der Waals surface area contributed by atoms with E-state index in [0.29, 0.717) is 25.4 Å². The van der Waals surface area contributed by atoms with Gasteiger partial charge in [-0.3, -0.25) is 29.6 Å². The van der Waals surface area contributed by atoms with Gasteiger partial charge in [0.25, 0.3) is 5.69 Å². The zero-order valence-corrected chi connectivity index (χ0v) is 21.1. The number of thiophene rings is 1. The van der Waals surface area contributed by atoms with Crippen LogP contribution in [-0.4, -0.2) is 57.0 Å². The molecule has 6 rings (SSSR count). The third-order valence-corrected chi connectivity index (χ3v) is 9.01. The van der Waals surface area contributed by atoms with Crippen molar-refractivity contribution in [3.63, 3.8) is 0 Å². The summed E-state index contributed by atoms with van der Waals surface area (Å²) in [5.74, 6) is -0.614. The summed E-state index contributed by atoms with van der Waals surface area (Å²) in [4.78, 5) is 43.8. The molecule has 10 nitrogen and oxygen atoms in total. The van der Waals surface area contributed by atoms with Gasteiger partial charge in [-0.15, -0.1) is 11.3 Å². The first-order valence-electron chi connectivity index (χ1n) is 12.1. The summed E-state index contributed by atoms with van der Waals surface area (Å²) in [6, 6.07) is 5.38. The van der Waals surface area contributed by atoms with Crippen LogP contribution in [-0.2, 0) is 27.4 Å². The van der Waals surface area contributed by atoms with Crippen LogP contribution in [0.3, 0.4) is 0 Å². The van der Waals surface area contributed by atoms with Gasteiger partial charge in [0.05, 0.1) is 64.2 Å². The minimum Gasteiger partial charge on any atom is -0.374 e. The number of imide groups is 1. The summed E-state index contributed by atoms with van der Waals surface area (Å²) in [5.41, 5.74) is 2.69. The summed E-state index contributed by atoms with van der Waals surface area (Å²) >= 11 is 1.47. The molecule has 0 aromatic carbocycles. The van der Waals surface area contributed by atoms with Crippen LogP contribution in [0.1, 0.15) is 24.4 Å². The molecule has 3 atom stereocenters. The first-order chi connectivity index (χ1) is 17.2. The Morgan fingerprint density at radius 3 is 2.69 bits per heavy atom. The topological polar surface area (TPSA) is 120 Å². The lowest BCUT2D eigenvalue weighted by Crippen LogP contribution is -2.41. The summed E-state index contributed by atoms with van der Waals surface area (Å²) in [7, 11) is 0. The fourth-order valence-electron chi connectivity index (χ4n) is 5.80. The molecule has 3 aromatic heterocycles. The molecule has 2 unspecified atom stereocenters. The molecule has 0 radical (unpaired) electrons. The lowest BCUT2D eigenvalue weighted by atomic mass is 10.1. The van der Waals surface area contributed by atoms with Crippen LogP contribution < -0.4 is 5.32 Å². The smallest absolute Gasteiger partial charge is 0.290 e. The molecular weight excluding hydrogens is 482 g/mol. The number of morpholine rings is 1. The van der Waals surface area contributed by atoms with Crippen LogP contribution in [0.15, 0.2) is 24.4 Å². The number of carbonyl (C=O) groups is 2. The van der Waals surface area contributed by atoms with E-state index in [1.165, 1.54) is 16.2 Å². The normalized spacial score (nSPS) is 25.0. The SMILES string of the molecule is Cc1c([N+](=O)[O-])cc(-c2ccnc3cc(CN4C(=O)C5C(C4=O)C5(C)C)sc23)n1C[C@H]1CNCCO1. The molecule has 3 fully saturated rings. The first-order valence-corrected chi connectivity index (χ1v) is 12.9. The monoisotopic (exact) mass is 509 g/mol. The highest BCUT2D eigenvalue weighted by Gasteiger charge is 2.72. The Kier molecular flexibility index (Phi) is 5.29. The lowest BCUT2D eigenvalue weighted by molar-refractivity contribution is -0.385. The van der Waals surface area contributed by atoms with Crippen molar-refractivity contribution in [2.24, 2.45) is 17.3 Å². The highest BCUT2D eigenvalue weighted by Crippen LogP contribution is 2.63. The van der Waals surface area contributed by atoms with Crippen molar-refractivity contribution in [2.75, 3.05) is 19.7 Å². The molecule has 3 aliphatic rings. The number of nitrogens with one attached hydrogen (secondary N) is 1. The van der Waals surface area contributed by atoms with Crippen LogP contribution in [0.5, 0.6) is 0 Å². The zero-order chi connectivity index (χ0) is 25.4. The molecular formula is C25H27N5O5S. The van der Waals surface area contributed by atoms with E-state index in [1.54, 1.807) is 19.2 Å². The maximum Gasteiger partial charge on any atom is 0.290 e. The maximum atomic E-state index is 12.8. The zero-order valence-electron chi connectivity index (χ0n) is 20.3. The number of aromatic nitrogens is 2. The second-order valence-electron chi connectivity index (χ2n) is 10.4. The van der Waals surface area contributed by atoms with Crippen LogP contribution in [0.25, 0.3) is 21.5 Å². The minimum atomic E-state index is -0.356. The Balaban J connectivity index is 1.36. The van der Waals surface area contributed by atoms with Crippen molar-refractivity contribution >= 4 is 39.1 Å². The Labute approximate surface area is 211 Å². The molecule has 2 aliphatic heterocycles. The van der Waals surface area contributed by atoms with E-state index in [2.05, 4.69) is 10.3 Å². The predicted octanol–water partition coefficient (Wildman–Crippen LogP) is 3.11. The molecule has 1 N–H and O–H groups in total. The molecule has 5 heterocycles. The standard InChI is InChI=1S/C25H27N5O5S/c1-13-18(30(33)34)9-19(28(13)11-14-10-26-6-7-35-14)16-4-5-27-17-8-15(36-22(16)17)12-29-23(31)20-21(24(29)32)25(20,2)3/h4-5,8-9,14,20-21,26H,6-7,10-12H2,1-3H3/t14-,20?,21?/m1/s1. The average molecular weight is 510 g/mol. The summed E-state index contributed by atoms with van der Waals surface area (Å²) in [6.07, 6.45) is 1.59. The number of carbonyl (C=O) groups excluding carboxylic acids is 2. The van der Waals surface area contributed by atoms with E-state index >= 15 is 0 Å². The number of ether oxygens (including phenoxy) is 1. The van der Waals surface area contributed by atoms with E-state index in [9.17, 15) is 19.7 Å². The van der Waals surface area contributed by atoms with Gasteiger partial charge in [0.15, 0.2) is 0 Å². The Morgan fingerprint density at radius 2 is 2.03 bits per heavy atom. The van der Waals surface area contributed by atoms with Gasteiger partial charge in [0.2, 0.25) is 11.8 Å². The van der Waals surface area contributed by atoms with E-state index in [-0.39, 0.29) is 52.3 Å². The number of nitro groups is 1. The number of amides is 2. The van der Waals surface area contributed by atoms with Crippen molar-refractivity contribution in [2.45, 2.75) is 40.0 Å². The average Bonchev–Trinajstić information content (AvgIpc) is 3.14. The van der Waals surface area contributed by atoms with Crippen molar-refractivity contribution in [1.29, 1.82) is 0 Å². The lowest BCUT2D eigenvalue weighted by Gasteiger charge is -2.25. The number of hydrogen-bond donors (Lipinski definition) is 1. The van der Waals surface area contributed by atoms with Crippen LogP contribution >= 0.6 is 11.3 Å². The quantitative estimate of drug-likeness (QED) is 0.308. The molecule has 36 heavy (non-hydrogen) atoms. The van der Waals surface area contributed by atoms with Crippen LogP contribution in [0, 0.1) is 34.3 Å². The van der Waals surface area contributed by atoms with E-state index in [1.807, 2.05) is 30.5 Å². The summed E-state index contributed by atoms with van der Waals surface area (Å²) < 4.78 is 8.70. The van der Waals surface area contributed by atoms with Crippen molar-refractivity contribution < 1.29 is 19.2 Å². The summed E-state index contributed by atoms with van der Waals surface area (Å²) in [6.45, 7) is 8.47. The molecule has 1 aliphatic carbocycles. The number of fused-ring (bicyclic) bond motifs is 2. The highest BCUT2D eigenvalue weighted by molar-refractivity contribution is 7.19. The van der Waals surface area contributed by atoms with E-state index < -0.39 is 0 Å². The second kappa shape index (κ2) is 8.19. The number of piperidine rings is 1. The molecule has 2 amide bonds. The predicted molar refractivity (Wildman–Crippen MR) is 133 cm³/mol. The number of hydrogen-bond acceptors (Lipinski definition) is 8. The summed E-state index contributed by atoms with van der Waals surface area (Å²) in [5, 5.41) is 15.1. The molecule has 1 saturated carbocycles. The number of likely N-dealkylation sites (tertiary alicyclic amines) is 1. The van der Waals surface area contributed by atoms with Crippen LogP contribution in [0.2, 0.25) is 0 Å². The first kappa shape index (κ1) is 23.3. The molecule has 0 bridgehead atoms. The number of rotatable bonds is 6. The van der Waals surface area contributed by atoms with Gasteiger partial charge in [-0.25, -0.2) is 0 Å².